The lowest BCUT2D eigenvalue weighted by Crippen LogP contribution is -2.02. The van der Waals surface area contributed by atoms with E-state index in [9.17, 15) is 0 Å². The monoisotopic (exact) mass is 183 g/mol. The smallest absolute Gasteiger partial charge is 0.0316 e. The van der Waals surface area contributed by atoms with E-state index in [2.05, 4.69) is 12.1 Å². The van der Waals surface area contributed by atoms with Gasteiger partial charge in [-0.15, -0.1) is 12.4 Å². The summed E-state index contributed by atoms with van der Waals surface area (Å²) >= 11 is 0. The van der Waals surface area contributed by atoms with Crippen LogP contribution in [-0.2, 0) is 12.8 Å². The SMILES string of the molecule is Cl.Nc1ccc2c(c1)CCCC2. The van der Waals surface area contributed by atoms with Crippen molar-refractivity contribution in [2.75, 3.05) is 5.73 Å². The van der Waals surface area contributed by atoms with Gasteiger partial charge in [0.25, 0.3) is 0 Å². The van der Waals surface area contributed by atoms with Crippen LogP contribution < -0.4 is 5.73 Å². The van der Waals surface area contributed by atoms with E-state index >= 15 is 0 Å². The lowest BCUT2D eigenvalue weighted by molar-refractivity contribution is 0.686. The van der Waals surface area contributed by atoms with Gasteiger partial charge in [0.1, 0.15) is 0 Å². The van der Waals surface area contributed by atoms with E-state index in [-0.39, 0.29) is 12.4 Å². The first-order valence-corrected chi connectivity index (χ1v) is 4.23. The molecule has 0 aromatic heterocycles. The molecule has 0 saturated carbocycles. The minimum atomic E-state index is 0. The van der Waals surface area contributed by atoms with Crippen LogP contribution in [0.5, 0.6) is 0 Å². The van der Waals surface area contributed by atoms with Gasteiger partial charge in [-0.3, -0.25) is 0 Å². The van der Waals surface area contributed by atoms with Gasteiger partial charge in [0, 0.05) is 5.69 Å². The molecule has 0 radical (unpaired) electrons. The number of hydrogen-bond donors (Lipinski definition) is 1. The highest BCUT2D eigenvalue weighted by atomic mass is 35.5. The summed E-state index contributed by atoms with van der Waals surface area (Å²) in [5, 5.41) is 0. The second-order valence-corrected chi connectivity index (χ2v) is 3.24. The Morgan fingerprint density at radius 1 is 1.00 bits per heavy atom. The number of nitrogen functional groups attached to an aromatic ring is 1. The van der Waals surface area contributed by atoms with Gasteiger partial charge >= 0.3 is 0 Å². The standard InChI is InChI=1S/C10H13N.ClH/c11-10-6-5-8-3-1-2-4-9(8)7-10;/h5-7H,1-4,11H2;1H. The van der Waals surface area contributed by atoms with Crippen molar-refractivity contribution in [2.45, 2.75) is 25.7 Å². The van der Waals surface area contributed by atoms with Gasteiger partial charge in [0.15, 0.2) is 0 Å². The van der Waals surface area contributed by atoms with Crippen LogP contribution in [0.3, 0.4) is 0 Å². The number of anilines is 1. The molecule has 66 valence electrons. The normalized spacial score (nSPS) is 14.7. The highest BCUT2D eigenvalue weighted by Crippen LogP contribution is 2.22. The second-order valence-electron chi connectivity index (χ2n) is 3.24. The quantitative estimate of drug-likeness (QED) is 0.615. The van der Waals surface area contributed by atoms with Crippen LogP contribution in [-0.4, -0.2) is 0 Å². The number of benzene rings is 1. The van der Waals surface area contributed by atoms with Crippen molar-refractivity contribution < 1.29 is 0 Å². The first-order chi connectivity index (χ1) is 5.36. The summed E-state index contributed by atoms with van der Waals surface area (Å²) in [5.74, 6) is 0. The Kier molecular flexibility index (Phi) is 2.99. The Labute approximate surface area is 79.4 Å². The molecule has 0 fully saturated rings. The molecule has 2 heteroatoms. The molecule has 1 aliphatic carbocycles. The summed E-state index contributed by atoms with van der Waals surface area (Å²) in [7, 11) is 0. The average molecular weight is 184 g/mol. The first kappa shape index (κ1) is 9.40. The molecule has 0 aliphatic heterocycles. The van der Waals surface area contributed by atoms with E-state index in [0.717, 1.165) is 5.69 Å². The Morgan fingerprint density at radius 3 is 2.42 bits per heavy atom. The van der Waals surface area contributed by atoms with Crippen LogP contribution >= 0.6 is 12.4 Å². The Bertz CT molecular complexity index is 271. The number of fused-ring (bicyclic) bond motifs is 1. The minimum Gasteiger partial charge on any atom is -0.399 e. The minimum absolute atomic E-state index is 0. The average Bonchev–Trinajstić information content (AvgIpc) is 2.04. The van der Waals surface area contributed by atoms with E-state index in [1.807, 2.05) is 6.07 Å². The largest absolute Gasteiger partial charge is 0.399 e. The number of hydrogen-bond acceptors (Lipinski definition) is 1. The molecular formula is C10H14ClN. The van der Waals surface area contributed by atoms with Gasteiger partial charge < -0.3 is 5.73 Å². The van der Waals surface area contributed by atoms with Crippen molar-refractivity contribution in [1.29, 1.82) is 0 Å². The van der Waals surface area contributed by atoms with Crippen molar-refractivity contribution in [1.82, 2.24) is 0 Å². The molecule has 0 bridgehead atoms. The summed E-state index contributed by atoms with van der Waals surface area (Å²) < 4.78 is 0. The molecule has 2 N–H and O–H groups in total. The fraction of sp³-hybridized carbons (Fsp3) is 0.400. The van der Waals surface area contributed by atoms with Gasteiger partial charge in [-0.2, -0.15) is 0 Å². The lowest BCUT2D eigenvalue weighted by Gasteiger charge is -2.15. The fourth-order valence-corrected chi connectivity index (χ4v) is 1.75. The molecule has 1 aromatic rings. The van der Waals surface area contributed by atoms with Crippen molar-refractivity contribution >= 4 is 18.1 Å². The van der Waals surface area contributed by atoms with Crippen LogP contribution in [0.1, 0.15) is 24.0 Å². The van der Waals surface area contributed by atoms with Crippen molar-refractivity contribution in [2.24, 2.45) is 0 Å². The summed E-state index contributed by atoms with van der Waals surface area (Å²) in [6, 6.07) is 6.29. The third kappa shape index (κ3) is 1.72. The molecule has 12 heavy (non-hydrogen) atoms. The molecule has 2 rings (SSSR count). The van der Waals surface area contributed by atoms with Crippen molar-refractivity contribution in [3.8, 4) is 0 Å². The summed E-state index contributed by atoms with van der Waals surface area (Å²) in [4.78, 5) is 0. The molecule has 0 amide bonds. The topological polar surface area (TPSA) is 26.0 Å². The van der Waals surface area contributed by atoms with E-state index < -0.39 is 0 Å². The molecule has 0 spiro atoms. The van der Waals surface area contributed by atoms with E-state index in [4.69, 9.17) is 5.73 Å². The maximum atomic E-state index is 5.68. The van der Waals surface area contributed by atoms with Gasteiger partial charge in [0.05, 0.1) is 0 Å². The summed E-state index contributed by atoms with van der Waals surface area (Å²) in [6.07, 6.45) is 5.14. The number of halogens is 1. The molecule has 1 aromatic carbocycles. The Balaban J connectivity index is 0.000000720. The second kappa shape index (κ2) is 3.81. The molecule has 0 atom stereocenters. The van der Waals surface area contributed by atoms with Crippen molar-refractivity contribution in [3.05, 3.63) is 29.3 Å². The maximum Gasteiger partial charge on any atom is 0.0316 e. The van der Waals surface area contributed by atoms with E-state index in [1.54, 1.807) is 0 Å². The van der Waals surface area contributed by atoms with Crippen LogP contribution in [0.25, 0.3) is 0 Å². The van der Waals surface area contributed by atoms with Gasteiger partial charge in [-0.05, 0) is 48.9 Å². The predicted octanol–water partition coefficient (Wildman–Crippen LogP) is 2.57. The molecule has 1 aliphatic rings. The number of nitrogens with two attached hydrogens (primary N) is 1. The highest BCUT2D eigenvalue weighted by Gasteiger charge is 2.07. The zero-order chi connectivity index (χ0) is 7.68. The molecule has 1 nitrogen and oxygen atoms in total. The van der Waals surface area contributed by atoms with Gasteiger partial charge in [-0.25, -0.2) is 0 Å². The van der Waals surface area contributed by atoms with E-state index in [1.165, 1.54) is 36.8 Å². The molecule has 0 heterocycles. The summed E-state index contributed by atoms with van der Waals surface area (Å²) in [6.45, 7) is 0. The highest BCUT2D eigenvalue weighted by molar-refractivity contribution is 5.85. The number of aryl methyl sites for hydroxylation is 2. The van der Waals surface area contributed by atoms with Crippen molar-refractivity contribution in [3.63, 3.8) is 0 Å². The molecule has 0 unspecified atom stereocenters. The van der Waals surface area contributed by atoms with Crippen LogP contribution in [0, 0.1) is 0 Å². The zero-order valence-electron chi connectivity index (χ0n) is 7.05. The number of rotatable bonds is 0. The van der Waals surface area contributed by atoms with Crippen LogP contribution in [0.15, 0.2) is 18.2 Å². The molecular weight excluding hydrogens is 170 g/mol. The lowest BCUT2D eigenvalue weighted by atomic mass is 9.91. The Hall–Kier alpha value is -0.690. The predicted molar refractivity (Wildman–Crippen MR) is 54.7 cm³/mol. The van der Waals surface area contributed by atoms with Gasteiger partial charge in [0.2, 0.25) is 0 Å². The third-order valence-electron chi connectivity index (χ3n) is 2.37. The fourth-order valence-electron chi connectivity index (χ4n) is 1.75. The van der Waals surface area contributed by atoms with Crippen LogP contribution in [0.2, 0.25) is 0 Å². The van der Waals surface area contributed by atoms with E-state index in [0.29, 0.717) is 0 Å². The van der Waals surface area contributed by atoms with Crippen LogP contribution in [0.4, 0.5) is 5.69 Å². The summed E-state index contributed by atoms with van der Waals surface area (Å²) in [5.41, 5.74) is 9.56. The van der Waals surface area contributed by atoms with Gasteiger partial charge in [-0.1, -0.05) is 6.07 Å². The third-order valence-corrected chi connectivity index (χ3v) is 2.37. The Morgan fingerprint density at radius 2 is 1.67 bits per heavy atom. The molecule has 0 saturated heterocycles. The zero-order valence-corrected chi connectivity index (χ0v) is 7.86. The first-order valence-electron chi connectivity index (χ1n) is 4.23. The maximum absolute atomic E-state index is 5.68.